The number of hydrogen-bond acceptors (Lipinski definition) is 5. The smallest absolute Gasteiger partial charge is 0.258 e. The van der Waals surface area contributed by atoms with Gasteiger partial charge in [0.05, 0.1) is 10.5 Å². The summed E-state index contributed by atoms with van der Waals surface area (Å²) in [7, 11) is -3.89. The number of aryl methyl sites for hydroxylation is 2. The van der Waals surface area contributed by atoms with Crippen molar-refractivity contribution in [3.05, 3.63) is 83.3 Å². The molecular weight excluding hydrogens is 443 g/mol. The third kappa shape index (κ3) is 4.89. The van der Waals surface area contributed by atoms with E-state index in [1.807, 2.05) is 49.1 Å². The Kier molecular flexibility index (Phi) is 6.44. The molecule has 1 aliphatic heterocycles. The van der Waals surface area contributed by atoms with Gasteiger partial charge in [-0.2, -0.15) is 4.31 Å². The molecule has 4 rings (SSSR count). The summed E-state index contributed by atoms with van der Waals surface area (Å²) < 4.78 is 42.3. The summed E-state index contributed by atoms with van der Waals surface area (Å²) >= 11 is 0. The fraction of sp³-hybridized carbons (Fsp3) is 0.250. The van der Waals surface area contributed by atoms with Gasteiger partial charge in [0.25, 0.3) is 5.91 Å². The average Bonchev–Trinajstić information content (AvgIpc) is 2.82. The van der Waals surface area contributed by atoms with Crippen molar-refractivity contribution in [2.75, 3.05) is 36.4 Å². The van der Waals surface area contributed by atoms with Crippen molar-refractivity contribution < 1.29 is 17.6 Å². The number of carbonyl (C=O) groups is 1. The van der Waals surface area contributed by atoms with Gasteiger partial charge in [-0.25, -0.2) is 17.8 Å². The van der Waals surface area contributed by atoms with Crippen LogP contribution in [-0.4, -0.2) is 49.8 Å². The Hall–Kier alpha value is -3.30. The number of hydrogen-bond donors (Lipinski definition) is 1. The van der Waals surface area contributed by atoms with E-state index >= 15 is 0 Å². The van der Waals surface area contributed by atoms with Crippen LogP contribution in [0.1, 0.15) is 21.5 Å². The molecule has 3 aromatic rings. The van der Waals surface area contributed by atoms with Crippen LogP contribution in [-0.2, 0) is 10.0 Å². The number of amides is 1. The van der Waals surface area contributed by atoms with Crippen molar-refractivity contribution in [1.82, 2.24) is 9.29 Å². The van der Waals surface area contributed by atoms with Gasteiger partial charge in [0.15, 0.2) is 0 Å². The van der Waals surface area contributed by atoms with Gasteiger partial charge >= 0.3 is 0 Å². The summed E-state index contributed by atoms with van der Waals surface area (Å²) in [5.41, 5.74) is 2.00. The zero-order valence-electron chi connectivity index (χ0n) is 18.5. The summed E-state index contributed by atoms with van der Waals surface area (Å²) in [6.45, 7) is 5.21. The van der Waals surface area contributed by atoms with Gasteiger partial charge < -0.3 is 10.2 Å². The van der Waals surface area contributed by atoms with Crippen molar-refractivity contribution in [1.29, 1.82) is 0 Å². The van der Waals surface area contributed by atoms with Crippen LogP contribution in [0.2, 0.25) is 0 Å². The molecular formula is C24H25FN4O3S. The minimum absolute atomic E-state index is 0.110. The van der Waals surface area contributed by atoms with E-state index in [0.717, 1.165) is 29.1 Å². The van der Waals surface area contributed by atoms with Crippen LogP contribution < -0.4 is 10.2 Å². The number of piperazine rings is 1. The Morgan fingerprint density at radius 1 is 1.00 bits per heavy atom. The SMILES string of the molecule is Cc1ccc(C)c(NC(=O)c2cc(S(=O)(=O)N3CCN(c4ccccn4)CC3)ccc2F)c1. The minimum atomic E-state index is -3.89. The fourth-order valence-electron chi connectivity index (χ4n) is 3.75. The Bertz CT molecular complexity index is 1270. The van der Waals surface area contributed by atoms with E-state index in [4.69, 9.17) is 0 Å². The van der Waals surface area contributed by atoms with Gasteiger partial charge in [-0.1, -0.05) is 18.2 Å². The van der Waals surface area contributed by atoms with Gasteiger partial charge in [-0.3, -0.25) is 4.79 Å². The zero-order chi connectivity index (χ0) is 23.6. The van der Waals surface area contributed by atoms with Crippen LogP contribution in [0, 0.1) is 19.7 Å². The predicted molar refractivity (Wildman–Crippen MR) is 125 cm³/mol. The highest BCUT2D eigenvalue weighted by atomic mass is 32.2. The Balaban J connectivity index is 1.53. The van der Waals surface area contributed by atoms with Crippen molar-refractivity contribution in [3.8, 4) is 0 Å². The molecule has 2 aromatic carbocycles. The second-order valence-electron chi connectivity index (χ2n) is 7.99. The maximum Gasteiger partial charge on any atom is 0.258 e. The number of nitrogens with one attached hydrogen (secondary N) is 1. The Morgan fingerprint density at radius 2 is 1.76 bits per heavy atom. The van der Waals surface area contributed by atoms with Gasteiger partial charge in [0, 0.05) is 38.1 Å². The summed E-state index contributed by atoms with van der Waals surface area (Å²) in [6, 6.07) is 14.5. The van der Waals surface area contributed by atoms with Crippen LogP contribution in [0.3, 0.4) is 0 Å². The minimum Gasteiger partial charge on any atom is -0.354 e. The largest absolute Gasteiger partial charge is 0.354 e. The lowest BCUT2D eigenvalue weighted by atomic mass is 10.1. The molecule has 1 N–H and O–H groups in total. The average molecular weight is 469 g/mol. The van der Waals surface area contributed by atoms with Gasteiger partial charge in [-0.05, 0) is 61.4 Å². The van der Waals surface area contributed by atoms with Crippen molar-refractivity contribution in [2.45, 2.75) is 18.7 Å². The van der Waals surface area contributed by atoms with E-state index in [-0.39, 0.29) is 23.5 Å². The van der Waals surface area contributed by atoms with E-state index in [2.05, 4.69) is 10.3 Å². The van der Waals surface area contributed by atoms with E-state index in [1.54, 1.807) is 12.3 Å². The molecule has 172 valence electrons. The molecule has 9 heteroatoms. The monoisotopic (exact) mass is 468 g/mol. The number of halogens is 1. The number of carbonyl (C=O) groups excluding carboxylic acids is 1. The van der Waals surface area contributed by atoms with Crippen LogP contribution in [0.5, 0.6) is 0 Å². The Labute approximate surface area is 192 Å². The van der Waals surface area contributed by atoms with Crippen LogP contribution >= 0.6 is 0 Å². The fourth-order valence-corrected chi connectivity index (χ4v) is 5.20. The molecule has 33 heavy (non-hydrogen) atoms. The predicted octanol–water partition coefficient (Wildman–Crippen LogP) is 3.60. The molecule has 7 nitrogen and oxygen atoms in total. The first kappa shape index (κ1) is 22.9. The first-order valence-electron chi connectivity index (χ1n) is 10.6. The van der Waals surface area contributed by atoms with Crippen LogP contribution in [0.4, 0.5) is 15.9 Å². The first-order valence-corrected chi connectivity index (χ1v) is 12.0. The number of aromatic nitrogens is 1. The third-order valence-electron chi connectivity index (χ3n) is 5.67. The molecule has 0 radical (unpaired) electrons. The van der Waals surface area contributed by atoms with Crippen LogP contribution in [0.15, 0.2) is 65.7 Å². The second-order valence-corrected chi connectivity index (χ2v) is 9.93. The van der Waals surface area contributed by atoms with E-state index in [9.17, 15) is 17.6 Å². The number of rotatable bonds is 5. The first-order chi connectivity index (χ1) is 15.8. The maximum absolute atomic E-state index is 14.5. The summed E-state index contributed by atoms with van der Waals surface area (Å²) in [5, 5.41) is 2.69. The van der Waals surface area contributed by atoms with E-state index < -0.39 is 21.7 Å². The highest BCUT2D eigenvalue weighted by molar-refractivity contribution is 7.89. The highest BCUT2D eigenvalue weighted by Crippen LogP contribution is 2.24. The lowest BCUT2D eigenvalue weighted by Gasteiger charge is -2.34. The number of nitrogens with zero attached hydrogens (tertiary/aromatic N) is 3. The third-order valence-corrected chi connectivity index (χ3v) is 7.57. The highest BCUT2D eigenvalue weighted by Gasteiger charge is 2.30. The topological polar surface area (TPSA) is 82.6 Å². The number of sulfonamides is 1. The van der Waals surface area contributed by atoms with E-state index in [1.165, 1.54) is 10.4 Å². The zero-order valence-corrected chi connectivity index (χ0v) is 19.3. The summed E-state index contributed by atoms with van der Waals surface area (Å²) in [5.74, 6) is -0.684. The lowest BCUT2D eigenvalue weighted by Crippen LogP contribution is -2.48. The quantitative estimate of drug-likeness (QED) is 0.619. The number of pyridine rings is 1. The lowest BCUT2D eigenvalue weighted by molar-refractivity contribution is 0.102. The standard InChI is InChI=1S/C24H25FN4O3S/c1-17-6-7-18(2)22(15-17)27-24(30)20-16-19(8-9-21(20)25)33(31,32)29-13-11-28(12-14-29)23-5-3-4-10-26-23/h3-10,15-16H,11-14H2,1-2H3,(H,27,30). The molecule has 1 amide bonds. The van der Waals surface area contributed by atoms with Gasteiger partial charge in [0.2, 0.25) is 10.0 Å². The van der Waals surface area contributed by atoms with Crippen molar-refractivity contribution in [2.24, 2.45) is 0 Å². The molecule has 0 saturated carbocycles. The number of benzene rings is 2. The molecule has 0 spiro atoms. The van der Waals surface area contributed by atoms with E-state index in [0.29, 0.717) is 18.8 Å². The molecule has 1 aliphatic rings. The Morgan fingerprint density at radius 3 is 2.45 bits per heavy atom. The van der Waals surface area contributed by atoms with Gasteiger partial charge in [0.1, 0.15) is 11.6 Å². The normalized spacial score (nSPS) is 14.8. The second kappa shape index (κ2) is 9.29. The van der Waals surface area contributed by atoms with Crippen molar-refractivity contribution >= 4 is 27.4 Å². The molecule has 0 bridgehead atoms. The molecule has 0 aliphatic carbocycles. The molecule has 0 atom stereocenters. The maximum atomic E-state index is 14.5. The molecule has 1 aromatic heterocycles. The molecule has 2 heterocycles. The molecule has 1 saturated heterocycles. The van der Waals surface area contributed by atoms with Crippen molar-refractivity contribution in [3.63, 3.8) is 0 Å². The summed E-state index contributed by atoms with van der Waals surface area (Å²) in [4.78, 5) is 19.0. The summed E-state index contributed by atoms with van der Waals surface area (Å²) in [6.07, 6.45) is 1.70. The molecule has 1 fully saturated rings. The van der Waals surface area contributed by atoms with Gasteiger partial charge in [-0.15, -0.1) is 0 Å². The number of anilines is 2. The molecule has 0 unspecified atom stereocenters. The van der Waals surface area contributed by atoms with Crippen LogP contribution in [0.25, 0.3) is 0 Å².